The molecule has 1 amide bonds. The minimum Gasteiger partial charge on any atom is -0.493 e. The SMILES string of the molecule is COc1cc2c(cc1OC)C(=O)N(CCC(C)(N)CCc1ccco1)C2. The summed E-state index contributed by atoms with van der Waals surface area (Å²) in [6.45, 7) is 3.21. The first kappa shape index (κ1) is 18.3. The van der Waals surface area contributed by atoms with E-state index in [1.165, 1.54) is 0 Å². The molecule has 1 aliphatic rings. The molecule has 6 heteroatoms. The van der Waals surface area contributed by atoms with Crippen LogP contribution in [0.25, 0.3) is 0 Å². The smallest absolute Gasteiger partial charge is 0.254 e. The van der Waals surface area contributed by atoms with Crippen LogP contribution in [0.2, 0.25) is 0 Å². The Hall–Kier alpha value is -2.47. The zero-order chi connectivity index (χ0) is 18.7. The normalized spacial score (nSPS) is 15.7. The third-order valence-corrected chi connectivity index (χ3v) is 4.96. The van der Waals surface area contributed by atoms with Crippen molar-refractivity contribution < 1.29 is 18.7 Å². The van der Waals surface area contributed by atoms with Gasteiger partial charge in [-0.15, -0.1) is 0 Å². The molecule has 0 saturated heterocycles. The van der Waals surface area contributed by atoms with Crippen LogP contribution < -0.4 is 15.2 Å². The quantitative estimate of drug-likeness (QED) is 0.785. The summed E-state index contributed by atoms with van der Waals surface area (Å²) < 4.78 is 16.0. The van der Waals surface area contributed by atoms with Crippen molar-refractivity contribution in [2.75, 3.05) is 20.8 Å². The second-order valence-electron chi connectivity index (χ2n) is 7.07. The number of benzene rings is 1. The number of nitrogens with two attached hydrogens (primary N) is 1. The Bertz CT molecular complexity index is 768. The van der Waals surface area contributed by atoms with Crippen molar-refractivity contribution in [3.8, 4) is 11.5 Å². The minimum atomic E-state index is -0.364. The maximum Gasteiger partial charge on any atom is 0.254 e. The highest BCUT2D eigenvalue weighted by Crippen LogP contribution is 2.35. The molecule has 1 aliphatic heterocycles. The van der Waals surface area contributed by atoms with Gasteiger partial charge in [0.05, 0.1) is 20.5 Å². The van der Waals surface area contributed by atoms with Crippen LogP contribution in [0.4, 0.5) is 0 Å². The molecule has 140 valence electrons. The fraction of sp³-hybridized carbons (Fsp3) is 0.450. The second-order valence-corrected chi connectivity index (χ2v) is 7.07. The Morgan fingerprint density at radius 2 is 1.96 bits per heavy atom. The monoisotopic (exact) mass is 358 g/mol. The zero-order valence-electron chi connectivity index (χ0n) is 15.6. The first-order valence-corrected chi connectivity index (χ1v) is 8.79. The van der Waals surface area contributed by atoms with E-state index in [4.69, 9.17) is 19.6 Å². The van der Waals surface area contributed by atoms with E-state index >= 15 is 0 Å². The predicted molar refractivity (Wildman–Crippen MR) is 98.5 cm³/mol. The largest absolute Gasteiger partial charge is 0.493 e. The van der Waals surface area contributed by atoms with Crippen LogP contribution in [-0.2, 0) is 13.0 Å². The van der Waals surface area contributed by atoms with Crippen molar-refractivity contribution in [1.82, 2.24) is 4.90 Å². The summed E-state index contributed by atoms with van der Waals surface area (Å²) in [6, 6.07) is 7.48. The van der Waals surface area contributed by atoms with Crippen LogP contribution in [0.1, 0.15) is 41.4 Å². The van der Waals surface area contributed by atoms with Gasteiger partial charge in [-0.3, -0.25) is 4.79 Å². The van der Waals surface area contributed by atoms with Gasteiger partial charge in [0.2, 0.25) is 0 Å². The summed E-state index contributed by atoms with van der Waals surface area (Å²) in [5, 5.41) is 0. The lowest BCUT2D eigenvalue weighted by molar-refractivity contribution is 0.0766. The number of hydrogen-bond donors (Lipinski definition) is 1. The van der Waals surface area contributed by atoms with Gasteiger partial charge in [0.25, 0.3) is 5.91 Å². The molecule has 2 N–H and O–H groups in total. The van der Waals surface area contributed by atoms with Gasteiger partial charge in [-0.05, 0) is 49.6 Å². The molecule has 0 saturated carbocycles. The molecule has 6 nitrogen and oxygen atoms in total. The van der Waals surface area contributed by atoms with E-state index in [1.807, 2.05) is 30.0 Å². The number of nitrogens with zero attached hydrogens (tertiary/aromatic N) is 1. The average Bonchev–Trinajstić information content (AvgIpc) is 3.25. The Morgan fingerprint density at radius 3 is 2.62 bits per heavy atom. The van der Waals surface area contributed by atoms with E-state index in [0.717, 1.165) is 30.6 Å². The standard InChI is InChI=1S/C20H26N2O4/c1-20(21,7-6-15-5-4-10-26-15)8-9-22-13-14-11-17(24-2)18(25-3)12-16(14)19(22)23/h4-5,10-12H,6-9,13,21H2,1-3H3. The Labute approximate surface area is 153 Å². The number of amides is 1. The van der Waals surface area contributed by atoms with Crippen molar-refractivity contribution in [3.63, 3.8) is 0 Å². The first-order valence-electron chi connectivity index (χ1n) is 8.79. The maximum atomic E-state index is 12.7. The van der Waals surface area contributed by atoms with E-state index in [2.05, 4.69) is 0 Å². The van der Waals surface area contributed by atoms with E-state index in [0.29, 0.717) is 30.2 Å². The van der Waals surface area contributed by atoms with Crippen molar-refractivity contribution in [2.45, 2.75) is 38.3 Å². The number of hydrogen-bond acceptors (Lipinski definition) is 5. The van der Waals surface area contributed by atoms with Crippen LogP contribution in [-0.4, -0.2) is 37.1 Å². The van der Waals surface area contributed by atoms with Crippen molar-refractivity contribution in [3.05, 3.63) is 47.4 Å². The summed E-state index contributed by atoms with van der Waals surface area (Å²) >= 11 is 0. The fourth-order valence-corrected chi connectivity index (χ4v) is 3.26. The third-order valence-electron chi connectivity index (χ3n) is 4.96. The highest BCUT2D eigenvalue weighted by atomic mass is 16.5. The fourth-order valence-electron chi connectivity index (χ4n) is 3.26. The van der Waals surface area contributed by atoms with Gasteiger partial charge in [-0.25, -0.2) is 0 Å². The number of fused-ring (bicyclic) bond motifs is 1. The molecule has 3 rings (SSSR count). The molecule has 0 bridgehead atoms. The Morgan fingerprint density at radius 1 is 1.23 bits per heavy atom. The number of methoxy groups -OCH3 is 2. The van der Waals surface area contributed by atoms with Crippen LogP contribution in [0, 0.1) is 0 Å². The summed E-state index contributed by atoms with van der Waals surface area (Å²) in [5.41, 5.74) is 7.71. The molecule has 1 unspecified atom stereocenters. The highest BCUT2D eigenvalue weighted by molar-refractivity contribution is 5.99. The molecule has 0 fully saturated rings. The summed E-state index contributed by atoms with van der Waals surface area (Å²) in [6.07, 6.45) is 3.99. The van der Waals surface area contributed by atoms with Crippen molar-refractivity contribution in [2.24, 2.45) is 5.73 Å². The number of furan rings is 1. The third kappa shape index (κ3) is 3.85. The van der Waals surface area contributed by atoms with Crippen LogP contribution in [0.15, 0.2) is 34.9 Å². The molecule has 2 aromatic rings. The van der Waals surface area contributed by atoms with Gasteiger partial charge < -0.3 is 24.5 Å². The maximum absolute atomic E-state index is 12.7. The molecule has 1 aromatic heterocycles. The molecular formula is C20H26N2O4. The highest BCUT2D eigenvalue weighted by Gasteiger charge is 2.31. The predicted octanol–water partition coefficient (Wildman–Crippen LogP) is 2.99. The molecule has 1 aromatic carbocycles. The van der Waals surface area contributed by atoms with Gasteiger partial charge in [0, 0.05) is 30.6 Å². The number of aryl methyl sites for hydroxylation is 1. The van der Waals surface area contributed by atoms with Gasteiger partial charge in [-0.2, -0.15) is 0 Å². The van der Waals surface area contributed by atoms with Gasteiger partial charge in [0.1, 0.15) is 5.76 Å². The Balaban J connectivity index is 1.61. The van der Waals surface area contributed by atoms with E-state index in [9.17, 15) is 4.79 Å². The average molecular weight is 358 g/mol. The molecule has 2 heterocycles. The lowest BCUT2D eigenvalue weighted by Gasteiger charge is -2.27. The van der Waals surface area contributed by atoms with E-state index < -0.39 is 0 Å². The molecular weight excluding hydrogens is 332 g/mol. The first-order chi connectivity index (χ1) is 12.4. The summed E-state index contributed by atoms with van der Waals surface area (Å²) in [4.78, 5) is 14.5. The molecule has 26 heavy (non-hydrogen) atoms. The molecule has 1 atom stereocenters. The van der Waals surface area contributed by atoms with Gasteiger partial charge in [0.15, 0.2) is 11.5 Å². The van der Waals surface area contributed by atoms with Gasteiger partial charge in [-0.1, -0.05) is 0 Å². The minimum absolute atomic E-state index is 0.0165. The lowest BCUT2D eigenvalue weighted by atomic mass is 9.92. The molecule has 0 spiro atoms. The van der Waals surface area contributed by atoms with E-state index in [-0.39, 0.29) is 11.4 Å². The van der Waals surface area contributed by atoms with Crippen LogP contribution in [0.5, 0.6) is 11.5 Å². The number of ether oxygens (including phenoxy) is 2. The van der Waals surface area contributed by atoms with Crippen LogP contribution >= 0.6 is 0 Å². The lowest BCUT2D eigenvalue weighted by Crippen LogP contribution is -2.40. The molecule has 0 radical (unpaired) electrons. The van der Waals surface area contributed by atoms with Crippen molar-refractivity contribution >= 4 is 5.91 Å². The number of carbonyl (C=O) groups is 1. The zero-order valence-corrected chi connectivity index (χ0v) is 15.6. The van der Waals surface area contributed by atoms with Gasteiger partial charge >= 0.3 is 0 Å². The second kappa shape index (κ2) is 7.41. The number of rotatable bonds is 8. The Kier molecular flexibility index (Phi) is 5.23. The topological polar surface area (TPSA) is 77.9 Å². The van der Waals surface area contributed by atoms with Crippen LogP contribution in [0.3, 0.4) is 0 Å². The number of carbonyl (C=O) groups excluding carboxylic acids is 1. The molecule has 0 aliphatic carbocycles. The summed E-state index contributed by atoms with van der Waals surface area (Å²) in [7, 11) is 3.16. The summed E-state index contributed by atoms with van der Waals surface area (Å²) in [5.74, 6) is 2.17. The van der Waals surface area contributed by atoms with E-state index in [1.54, 1.807) is 26.5 Å². The van der Waals surface area contributed by atoms with Crippen molar-refractivity contribution in [1.29, 1.82) is 0 Å².